The van der Waals surface area contributed by atoms with Crippen molar-refractivity contribution in [2.75, 3.05) is 23.7 Å². The van der Waals surface area contributed by atoms with Crippen LogP contribution >= 0.6 is 11.6 Å². The molecule has 2 aromatic carbocycles. The number of carbonyl (C=O) groups is 2. The van der Waals surface area contributed by atoms with Crippen LogP contribution in [0.5, 0.6) is 0 Å². The highest BCUT2D eigenvalue weighted by Crippen LogP contribution is 2.23. The Labute approximate surface area is 205 Å². The molecule has 2 rings (SSSR count). The summed E-state index contributed by atoms with van der Waals surface area (Å²) >= 11 is 6.03. The number of halogens is 2. The van der Waals surface area contributed by atoms with Crippen LogP contribution in [0.25, 0.3) is 0 Å². The third kappa shape index (κ3) is 7.99. The monoisotopic (exact) mass is 511 g/mol. The molecule has 0 radical (unpaired) electrons. The molecule has 1 atom stereocenters. The molecule has 10 heteroatoms. The second-order valence-corrected chi connectivity index (χ2v) is 10.3. The number of amides is 2. The van der Waals surface area contributed by atoms with Gasteiger partial charge in [-0.25, -0.2) is 12.8 Å². The molecular weight excluding hydrogens is 481 g/mol. The van der Waals surface area contributed by atoms with Gasteiger partial charge in [0.05, 0.1) is 11.9 Å². The Morgan fingerprint density at radius 1 is 1.12 bits per heavy atom. The molecule has 0 aromatic heterocycles. The summed E-state index contributed by atoms with van der Waals surface area (Å²) in [6.45, 7) is 3.76. The first-order valence-corrected chi connectivity index (χ1v) is 13.3. The number of benzene rings is 2. The van der Waals surface area contributed by atoms with E-state index >= 15 is 0 Å². The van der Waals surface area contributed by atoms with Crippen LogP contribution in [0.4, 0.5) is 10.1 Å². The van der Waals surface area contributed by atoms with Crippen molar-refractivity contribution in [1.29, 1.82) is 0 Å². The first-order valence-electron chi connectivity index (χ1n) is 11.1. The number of hydrogen-bond acceptors (Lipinski definition) is 4. The Hall–Kier alpha value is -2.65. The van der Waals surface area contributed by atoms with Crippen LogP contribution in [-0.2, 0) is 26.2 Å². The number of anilines is 1. The Balaban J connectivity index is 2.39. The Morgan fingerprint density at radius 3 is 2.35 bits per heavy atom. The zero-order chi connectivity index (χ0) is 25.3. The molecule has 0 aliphatic carbocycles. The Kier molecular flexibility index (Phi) is 10.3. The van der Waals surface area contributed by atoms with E-state index in [-0.39, 0.29) is 18.1 Å². The lowest BCUT2D eigenvalue weighted by molar-refractivity contribution is -0.140. The first-order chi connectivity index (χ1) is 16.1. The molecule has 0 spiro atoms. The summed E-state index contributed by atoms with van der Waals surface area (Å²) in [4.78, 5) is 27.8. The molecule has 0 aliphatic rings. The third-order valence-corrected chi connectivity index (χ3v) is 6.63. The van der Waals surface area contributed by atoms with E-state index in [9.17, 15) is 22.4 Å². The first kappa shape index (κ1) is 27.6. The van der Waals surface area contributed by atoms with Crippen molar-refractivity contribution in [3.63, 3.8) is 0 Å². The molecule has 186 valence electrons. The molecule has 0 heterocycles. The van der Waals surface area contributed by atoms with E-state index in [1.54, 1.807) is 25.1 Å². The minimum Gasteiger partial charge on any atom is -0.354 e. The van der Waals surface area contributed by atoms with Crippen molar-refractivity contribution < 1.29 is 22.4 Å². The van der Waals surface area contributed by atoms with Crippen LogP contribution in [-0.4, -0.2) is 50.5 Å². The van der Waals surface area contributed by atoms with Gasteiger partial charge in [-0.05, 0) is 48.7 Å². The van der Waals surface area contributed by atoms with Gasteiger partial charge in [0.15, 0.2) is 0 Å². The zero-order valence-electron chi connectivity index (χ0n) is 19.6. The molecule has 0 unspecified atom stereocenters. The number of carbonyl (C=O) groups excluding carboxylic acids is 2. The number of unbranched alkanes of at least 4 members (excludes halogenated alkanes) is 1. The van der Waals surface area contributed by atoms with Crippen molar-refractivity contribution >= 4 is 39.1 Å². The zero-order valence-corrected chi connectivity index (χ0v) is 21.2. The van der Waals surface area contributed by atoms with Gasteiger partial charge in [0.2, 0.25) is 21.8 Å². The summed E-state index contributed by atoms with van der Waals surface area (Å²) in [7, 11) is -3.83. The summed E-state index contributed by atoms with van der Waals surface area (Å²) in [5.41, 5.74) is 0.855. The van der Waals surface area contributed by atoms with E-state index in [0.29, 0.717) is 23.6 Å². The topological polar surface area (TPSA) is 86.8 Å². The maximum Gasteiger partial charge on any atom is 0.244 e. The number of hydrogen-bond donors (Lipinski definition) is 1. The normalized spacial score (nSPS) is 12.1. The van der Waals surface area contributed by atoms with Crippen LogP contribution in [0.3, 0.4) is 0 Å². The van der Waals surface area contributed by atoms with Crippen LogP contribution in [0.1, 0.15) is 38.7 Å². The van der Waals surface area contributed by atoms with Crippen molar-refractivity contribution in [3.8, 4) is 0 Å². The molecule has 34 heavy (non-hydrogen) atoms. The van der Waals surface area contributed by atoms with Crippen molar-refractivity contribution in [3.05, 3.63) is 64.9 Å². The van der Waals surface area contributed by atoms with Crippen LogP contribution in [0, 0.1) is 5.82 Å². The van der Waals surface area contributed by atoms with Gasteiger partial charge in [0, 0.05) is 18.1 Å². The second-order valence-electron chi connectivity index (χ2n) is 7.97. The highest BCUT2D eigenvalue weighted by atomic mass is 35.5. The third-order valence-electron chi connectivity index (χ3n) is 5.26. The second kappa shape index (κ2) is 12.7. The van der Waals surface area contributed by atoms with Crippen LogP contribution in [0.15, 0.2) is 48.5 Å². The van der Waals surface area contributed by atoms with Gasteiger partial charge in [-0.3, -0.25) is 13.9 Å². The summed E-state index contributed by atoms with van der Waals surface area (Å²) in [6.07, 6.45) is 3.02. The van der Waals surface area contributed by atoms with Gasteiger partial charge in [0.25, 0.3) is 0 Å². The van der Waals surface area contributed by atoms with E-state index in [0.717, 1.165) is 23.4 Å². The lowest BCUT2D eigenvalue weighted by Gasteiger charge is -2.33. The van der Waals surface area contributed by atoms with Gasteiger partial charge in [0.1, 0.15) is 18.4 Å². The van der Waals surface area contributed by atoms with Gasteiger partial charge in [-0.2, -0.15) is 0 Å². The summed E-state index contributed by atoms with van der Waals surface area (Å²) in [6, 6.07) is 11.0. The number of rotatable bonds is 12. The maximum absolute atomic E-state index is 13.5. The lowest BCUT2D eigenvalue weighted by Crippen LogP contribution is -2.52. The Bertz CT molecular complexity index is 1080. The van der Waals surface area contributed by atoms with Gasteiger partial charge in [-0.15, -0.1) is 0 Å². The lowest BCUT2D eigenvalue weighted by atomic mass is 10.1. The fraction of sp³-hybridized carbons (Fsp3) is 0.417. The van der Waals surface area contributed by atoms with Crippen molar-refractivity contribution in [2.24, 2.45) is 0 Å². The minimum absolute atomic E-state index is 0.0198. The molecule has 0 saturated carbocycles. The van der Waals surface area contributed by atoms with E-state index < -0.39 is 34.3 Å². The van der Waals surface area contributed by atoms with E-state index in [4.69, 9.17) is 11.6 Å². The molecule has 0 bridgehead atoms. The molecule has 0 aliphatic heterocycles. The average molecular weight is 512 g/mol. The van der Waals surface area contributed by atoms with Crippen LogP contribution in [0.2, 0.25) is 5.02 Å². The van der Waals surface area contributed by atoms with Crippen molar-refractivity contribution in [2.45, 2.75) is 45.7 Å². The molecule has 1 N–H and O–H groups in total. The van der Waals surface area contributed by atoms with Gasteiger partial charge < -0.3 is 10.2 Å². The fourth-order valence-corrected chi connectivity index (χ4v) is 4.48. The van der Waals surface area contributed by atoms with E-state index in [1.165, 1.54) is 35.2 Å². The maximum atomic E-state index is 13.5. The standard InChI is InChI=1S/C24H31ClFN3O4S/c1-4-6-14-27-24(31)22(5-2)28(16-18-10-12-20(26)13-11-18)23(30)17-29(34(3,32)33)21-9-7-8-19(25)15-21/h7-13,15,22H,4-6,14,16-17H2,1-3H3,(H,27,31)/t22-/m1/s1. The highest BCUT2D eigenvalue weighted by molar-refractivity contribution is 7.92. The molecule has 0 fully saturated rings. The smallest absolute Gasteiger partial charge is 0.244 e. The quantitative estimate of drug-likeness (QED) is 0.437. The molecule has 0 saturated heterocycles. The predicted octanol–water partition coefficient (Wildman–Crippen LogP) is 3.97. The summed E-state index contributed by atoms with van der Waals surface area (Å²) < 4.78 is 39.4. The largest absolute Gasteiger partial charge is 0.354 e. The highest BCUT2D eigenvalue weighted by Gasteiger charge is 2.31. The molecular formula is C24H31ClFN3O4S. The Morgan fingerprint density at radius 2 is 1.79 bits per heavy atom. The number of nitrogens with zero attached hydrogens (tertiary/aromatic N) is 2. The fourth-order valence-electron chi connectivity index (χ4n) is 3.46. The molecule has 7 nitrogen and oxygen atoms in total. The SMILES string of the molecule is CCCCNC(=O)[C@@H](CC)N(Cc1ccc(F)cc1)C(=O)CN(c1cccc(Cl)c1)S(C)(=O)=O. The summed E-state index contributed by atoms with van der Waals surface area (Å²) in [5.74, 6) is -1.30. The summed E-state index contributed by atoms with van der Waals surface area (Å²) in [5, 5.41) is 3.17. The van der Waals surface area contributed by atoms with Gasteiger partial charge >= 0.3 is 0 Å². The number of nitrogens with one attached hydrogen (secondary N) is 1. The van der Waals surface area contributed by atoms with Gasteiger partial charge in [-0.1, -0.05) is 50.1 Å². The van der Waals surface area contributed by atoms with Crippen molar-refractivity contribution in [1.82, 2.24) is 10.2 Å². The minimum atomic E-state index is -3.83. The molecule has 2 aromatic rings. The van der Waals surface area contributed by atoms with E-state index in [2.05, 4.69) is 5.32 Å². The average Bonchev–Trinajstić information content (AvgIpc) is 2.78. The molecule has 2 amide bonds. The van der Waals surface area contributed by atoms with E-state index in [1.807, 2.05) is 6.92 Å². The number of sulfonamides is 1. The predicted molar refractivity (Wildman–Crippen MR) is 133 cm³/mol. The van der Waals surface area contributed by atoms with Crippen LogP contribution < -0.4 is 9.62 Å².